The van der Waals surface area contributed by atoms with E-state index in [-0.39, 0.29) is 5.84 Å². The lowest BCUT2D eigenvalue weighted by molar-refractivity contribution is 0.130. The summed E-state index contributed by atoms with van der Waals surface area (Å²) in [5, 5.41) is 16.9. The third-order valence-electron chi connectivity index (χ3n) is 1.86. The maximum absolute atomic E-state index is 9.71. The Hall–Kier alpha value is -1.35. The van der Waals surface area contributed by atoms with Crippen LogP contribution in [0.3, 0.4) is 0 Å². The smallest absolute Gasteiger partial charge is 0.143 e. The van der Waals surface area contributed by atoms with Gasteiger partial charge in [-0.3, -0.25) is 5.41 Å². The predicted octanol–water partition coefficient (Wildman–Crippen LogP) is 0.830. The summed E-state index contributed by atoms with van der Waals surface area (Å²) in [6, 6.07) is 8.92. The molecule has 0 fully saturated rings. The standard InChI is InChI=1S/C9H12N2O/c1-9(12,8(10)11)7-5-3-2-4-6-7/h2-6,12H,1H3,(H3,10,11). The summed E-state index contributed by atoms with van der Waals surface area (Å²) in [6.07, 6.45) is 0. The SMILES string of the molecule is CC(O)(C(=N)N)c1ccccc1. The molecule has 0 amide bonds. The molecule has 0 spiro atoms. The molecule has 1 rings (SSSR count). The minimum Gasteiger partial charge on any atom is -0.385 e. The van der Waals surface area contributed by atoms with E-state index >= 15 is 0 Å². The molecule has 64 valence electrons. The van der Waals surface area contributed by atoms with Crippen LogP contribution in [0.5, 0.6) is 0 Å². The van der Waals surface area contributed by atoms with E-state index in [1.165, 1.54) is 6.92 Å². The van der Waals surface area contributed by atoms with Crippen molar-refractivity contribution in [1.29, 1.82) is 5.41 Å². The van der Waals surface area contributed by atoms with Gasteiger partial charge in [0, 0.05) is 0 Å². The van der Waals surface area contributed by atoms with Crippen LogP contribution in [-0.2, 0) is 5.60 Å². The van der Waals surface area contributed by atoms with Gasteiger partial charge in [0.05, 0.1) is 0 Å². The van der Waals surface area contributed by atoms with Gasteiger partial charge in [0.2, 0.25) is 0 Å². The number of amidine groups is 1. The molecule has 1 atom stereocenters. The molecule has 0 saturated heterocycles. The molecular formula is C9H12N2O. The summed E-state index contributed by atoms with van der Waals surface area (Å²) in [5.74, 6) is -0.242. The molecule has 0 bridgehead atoms. The Labute approximate surface area is 71.3 Å². The molecule has 0 heterocycles. The van der Waals surface area contributed by atoms with Gasteiger partial charge in [0.1, 0.15) is 11.4 Å². The Morgan fingerprint density at radius 2 is 1.92 bits per heavy atom. The molecule has 3 heteroatoms. The second kappa shape index (κ2) is 2.95. The van der Waals surface area contributed by atoms with Crippen LogP contribution in [-0.4, -0.2) is 10.9 Å². The first kappa shape index (κ1) is 8.74. The Morgan fingerprint density at radius 1 is 1.42 bits per heavy atom. The molecule has 3 nitrogen and oxygen atoms in total. The number of nitrogens with one attached hydrogen (secondary N) is 1. The lowest BCUT2D eigenvalue weighted by Gasteiger charge is -2.21. The second-order valence-corrected chi connectivity index (χ2v) is 2.85. The summed E-state index contributed by atoms with van der Waals surface area (Å²) in [5.41, 5.74) is 4.53. The van der Waals surface area contributed by atoms with E-state index < -0.39 is 5.60 Å². The first-order valence-electron chi connectivity index (χ1n) is 3.67. The monoisotopic (exact) mass is 164 g/mol. The van der Waals surface area contributed by atoms with Gasteiger partial charge in [-0.15, -0.1) is 0 Å². The number of hydrogen-bond acceptors (Lipinski definition) is 2. The summed E-state index contributed by atoms with van der Waals surface area (Å²) < 4.78 is 0. The van der Waals surface area contributed by atoms with E-state index in [9.17, 15) is 5.11 Å². The van der Waals surface area contributed by atoms with Crippen LogP contribution < -0.4 is 5.73 Å². The number of benzene rings is 1. The molecule has 0 aliphatic rings. The number of aliphatic hydroxyl groups is 1. The average molecular weight is 164 g/mol. The first-order valence-corrected chi connectivity index (χ1v) is 3.67. The van der Waals surface area contributed by atoms with Crippen molar-refractivity contribution in [1.82, 2.24) is 0 Å². The topological polar surface area (TPSA) is 70.1 Å². The quantitative estimate of drug-likeness (QED) is 0.447. The Morgan fingerprint density at radius 3 is 2.33 bits per heavy atom. The Bertz CT molecular complexity index is 280. The zero-order chi connectivity index (χ0) is 9.19. The number of rotatable bonds is 2. The lowest BCUT2D eigenvalue weighted by Crippen LogP contribution is -2.37. The molecule has 0 aliphatic heterocycles. The van der Waals surface area contributed by atoms with Gasteiger partial charge >= 0.3 is 0 Å². The third kappa shape index (κ3) is 1.46. The van der Waals surface area contributed by atoms with Crippen molar-refractivity contribution >= 4 is 5.84 Å². The van der Waals surface area contributed by atoms with Crippen molar-refractivity contribution < 1.29 is 5.11 Å². The van der Waals surface area contributed by atoms with Crippen molar-refractivity contribution in [3.8, 4) is 0 Å². The summed E-state index contributed by atoms with van der Waals surface area (Å²) in [6.45, 7) is 1.50. The highest BCUT2D eigenvalue weighted by Crippen LogP contribution is 2.18. The van der Waals surface area contributed by atoms with Crippen LogP contribution in [0.15, 0.2) is 30.3 Å². The lowest BCUT2D eigenvalue weighted by atomic mass is 9.95. The molecule has 0 radical (unpaired) electrons. The van der Waals surface area contributed by atoms with Crippen molar-refractivity contribution in [2.45, 2.75) is 12.5 Å². The molecule has 1 aromatic carbocycles. The highest BCUT2D eigenvalue weighted by molar-refractivity contribution is 5.86. The van der Waals surface area contributed by atoms with E-state index in [0.717, 1.165) is 0 Å². The minimum absolute atomic E-state index is 0.242. The highest BCUT2D eigenvalue weighted by Gasteiger charge is 2.25. The summed E-state index contributed by atoms with van der Waals surface area (Å²) >= 11 is 0. The van der Waals surface area contributed by atoms with E-state index in [1.807, 2.05) is 6.07 Å². The van der Waals surface area contributed by atoms with Crippen molar-refractivity contribution in [2.75, 3.05) is 0 Å². The fourth-order valence-corrected chi connectivity index (χ4v) is 0.918. The molecule has 0 aliphatic carbocycles. The minimum atomic E-state index is -1.35. The summed E-state index contributed by atoms with van der Waals surface area (Å²) in [4.78, 5) is 0. The molecule has 12 heavy (non-hydrogen) atoms. The zero-order valence-electron chi connectivity index (χ0n) is 6.91. The average Bonchev–Trinajstić information content (AvgIpc) is 2.06. The van der Waals surface area contributed by atoms with E-state index in [2.05, 4.69) is 0 Å². The van der Waals surface area contributed by atoms with E-state index in [4.69, 9.17) is 11.1 Å². The normalized spacial score (nSPS) is 15.2. The maximum atomic E-state index is 9.71. The molecular weight excluding hydrogens is 152 g/mol. The first-order chi connectivity index (χ1) is 5.55. The van der Waals surface area contributed by atoms with Crippen LogP contribution in [0.25, 0.3) is 0 Å². The molecule has 0 aromatic heterocycles. The molecule has 1 aromatic rings. The van der Waals surface area contributed by atoms with Gasteiger partial charge in [-0.2, -0.15) is 0 Å². The predicted molar refractivity (Wildman–Crippen MR) is 47.9 cm³/mol. The van der Waals surface area contributed by atoms with Crippen LogP contribution in [0.4, 0.5) is 0 Å². The van der Waals surface area contributed by atoms with Gasteiger partial charge in [0.25, 0.3) is 0 Å². The van der Waals surface area contributed by atoms with E-state index in [0.29, 0.717) is 5.56 Å². The highest BCUT2D eigenvalue weighted by atomic mass is 16.3. The van der Waals surface area contributed by atoms with Gasteiger partial charge < -0.3 is 10.8 Å². The fraction of sp³-hybridized carbons (Fsp3) is 0.222. The van der Waals surface area contributed by atoms with Crippen molar-refractivity contribution in [2.24, 2.45) is 5.73 Å². The Balaban J connectivity index is 3.06. The summed E-state index contributed by atoms with van der Waals surface area (Å²) in [7, 11) is 0. The van der Waals surface area contributed by atoms with Gasteiger partial charge in [-0.1, -0.05) is 30.3 Å². The Kier molecular flexibility index (Phi) is 2.15. The van der Waals surface area contributed by atoms with Crippen LogP contribution in [0.2, 0.25) is 0 Å². The van der Waals surface area contributed by atoms with Crippen molar-refractivity contribution in [3.63, 3.8) is 0 Å². The fourth-order valence-electron chi connectivity index (χ4n) is 0.918. The second-order valence-electron chi connectivity index (χ2n) is 2.85. The van der Waals surface area contributed by atoms with Gasteiger partial charge in [0.15, 0.2) is 0 Å². The molecule has 1 unspecified atom stereocenters. The maximum Gasteiger partial charge on any atom is 0.143 e. The third-order valence-corrected chi connectivity index (χ3v) is 1.86. The van der Waals surface area contributed by atoms with Gasteiger partial charge in [-0.05, 0) is 12.5 Å². The van der Waals surface area contributed by atoms with Crippen LogP contribution >= 0.6 is 0 Å². The van der Waals surface area contributed by atoms with Crippen LogP contribution in [0.1, 0.15) is 12.5 Å². The van der Waals surface area contributed by atoms with Crippen molar-refractivity contribution in [3.05, 3.63) is 35.9 Å². The number of nitrogens with two attached hydrogens (primary N) is 1. The molecule has 0 saturated carbocycles. The zero-order valence-corrected chi connectivity index (χ0v) is 6.91. The van der Waals surface area contributed by atoms with E-state index in [1.54, 1.807) is 24.3 Å². The van der Waals surface area contributed by atoms with Crippen LogP contribution in [0, 0.1) is 5.41 Å². The number of hydrogen-bond donors (Lipinski definition) is 3. The molecule has 4 N–H and O–H groups in total. The van der Waals surface area contributed by atoms with Gasteiger partial charge in [-0.25, -0.2) is 0 Å². The largest absolute Gasteiger partial charge is 0.385 e.